The number of hydrogen-bond acceptors (Lipinski definition) is 6. The van der Waals surface area contributed by atoms with E-state index in [-0.39, 0.29) is 21.2 Å². The van der Waals surface area contributed by atoms with Crippen LogP contribution in [0.1, 0.15) is 5.56 Å². The highest BCUT2D eigenvalue weighted by Gasteiger charge is 2.21. The molecule has 3 aromatic carbocycles. The number of anilines is 2. The molecule has 2 N–H and O–H groups in total. The van der Waals surface area contributed by atoms with E-state index in [1.807, 2.05) is 6.07 Å². The van der Waals surface area contributed by atoms with Crippen LogP contribution < -0.4 is 18.9 Å². The topological polar surface area (TPSA) is 111 Å². The standard InChI is InChI=1S/C21H22N2O6S2/c1-15-6-4-5-7-19(15)23-30(24,25)18-11-8-16(9-12-18)22-31(26,27)21-13-10-17(28-2)14-20(21)29-3/h4-14,22-23H,1-3H3. The Hall–Kier alpha value is -3.24. The number of para-hydroxylation sites is 1. The van der Waals surface area contributed by atoms with Crippen LogP contribution in [0.4, 0.5) is 11.4 Å². The van der Waals surface area contributed by atoms with Gasteiger partial charge in [-0.1, -0.05) is 18.2 Å². The first-order valence-corrected chi connectivity index (χ1v) is 12.1. The van der Waals surface area contributed by atoms with Crippen LogP contribution in [0.2, 0.25) is 0 Å². The zero-order valence-corrected chi connectivity index (χ0v) is 18.7. The smallest absolute Gasteiger partial charge is 0.265 e. The summed E-state index contributed by atoms with van der Waals surface area (Å²) in [6.07, 6.45) is 0. The van der Waals surface area contributed by atoms with Gasteiger partial charge >= 0.3 is 0 Å². The summed E-state index contributed by atoms with van der Waals surface area (Å²) in [4.78, 5) is -0.0746. The molecule has 0 radical (unpaired) electrons. The zero-order valence-electron chi connectivity index (χ0n) is 17.1. The molecular weight excluding hydrogens is 440 g/mol. The highest BCUT2D eigenvalue weighted by molar-refractivity contribution is 7.93. The van der Waals surface area contributed by atoms with E-state index in [9.17, 15) is 16.8 Å². The molecule has 8 nitrogen and oxygen atoms in total. The minimum Gasteiger partial charge on any atom is -0.497 e. The SMILES string of the molecule is COc1ccc(S(=O)(=O)Nc2ccc(S(=O)(=O)Nc3ccccc3C)cc2)c(OC)c1. The Morgan fingerprint density at radius 2 is 1.42 bits per heavy atom. The third-order valence-electron chi connectivity index (χ3n) is 4.47. The quantitative estimate of drug-likeness (QED) is 0.529. The summed E-state index contributed by atoms with van der Waals surface area (Å²) in [5.74, 6) is 0.569. The number of sulfonamides is 2. The molecule has 0 fully saturated rings. The molecule has 0 aliphatic rings. The Labute approximate surface area is 181 Å². The molecule has 0 aliphatic heterocycles. The maximum Gasteiger partial charge on any atom is 0.265 e. The molecule has 0 saturated carbocycles. The van der Waals surface area contributed by atoms with Gasteiger partial charge in [-0.25, -0.2) is 16.8 Å². The molecule has 0 bridgehead atoms. The third-order valence-corrected chi connectivity index (χ3v) is 7.27. The predicted molar refractivity (Wildman–Crippen MR) is 119 cm³/mol. The minimum atomic E-state index is -3.98. The lowest BCUT2D eigenvalue weighted by Crippen LogP contribution is -2.15. The summed E-state index contributed by atoms with van der Waals surface area (Å²) in [5.41, 5.74) is 1.45. The van der Waals surface area contributed by atoms with Gasteiger partial charge in [0, 0.05) is 11.8 Å². The van der Waals surface area contributed by atoms with Crippen molar-refractivity contribution in [1.82, 2.24) is 0 Å². The van der Waals surface area contributed by atoms with Crippen LogP contribution in [0, 0.1) is 6.92 Å². The Morgan fingerprint density at radius 1 is 0.742 bits per heavy atom. The summed E-state index contributed by atoms with van der Waals surface area (Å²) in [6, 6.07) is 16.7. The van der Waals surface area contributed by atoms with Crippen molar-refractivity contribution >= 4 is 31.4 Å². The third kappa shape index (κ3) is 5.09. The van der Waals surface area contributed by atoms with Gasteiger partial charge in [-0.3, -0.25) is 9.44 Å². The fourth-order valence-corrected chi connectivity index (χ4v) is 5.14. The molecule has 0 aliphatic carbocycles. The van der Waals surface area contributed by atoms with E-state index < -0.39 is 20.0 Å². The number of hydrogen-bond donors (Lipinski definition) is 2. The minimum absolute atomic E-state index is 0.000675. The Morgan fingerprint density at radius 3 is 2.03 bits per heavy atom. The van der Waals surface area contributed by atoms with E-state index in [2.05, 4.69) is 9.44 Å². The van der Waals surface area contributed by atoms with Crippen LogP contribution in [0.25, 0.3) is 0 Å². The largest absolute Gasteiger partial charge is 0.497 e. The molecule has 3 rings (SSSR count). The van der Waals surface area contributed by atoms with Crippen molar-refractivity contribution in [3.63, 3.8) is 0 Å². The summed E-state index contributed by atoms with van der Waals surface area (Å²) in [7, 11) is -4.99. The molecule has 31 heavy (non-hydrogen) atoms. The average molecular weight is 463 g/mol. The van der Waals surface area contributed by atoms with Gasteiger partial charge in [-0.15, -0.1) is 0 Å². The summed E-state index contributed by atoms with van der Waals surface area (Å²) < 4.78 is 66.0. The van der Waals surface area contributed by atoms with Crippen molar-refractivity contribution < 1.29 is 26.3 Å². The van der Waals surface area contributed by atoms with Gasteiger partial charge < -0.3 is 9.47 Å². The number of benzene rings is 3. The van der Waals surface area contributed by atoms with Crippen LogP contribution in [0.15, 0.2) is 76.5 Å². The lowest BCUT2D eigenvalue weighted by atomic mass is 10.2. The van der Waals surface area contributed by atoms with Crippen molar-refractivity contribution in [3.05, 3.63) is 72.3 Å². The maximum absolute atomic E-state index is 12.8. The second-order valence-electron chi connectivity index (χ2n) is 6.57. The van der Waals surface area contributed by atoms with E-state index in [4.69, 9.17) is 9.47 Å². The van der Waals surface area contributed by atoms with Crippen LogP contribution in [0.5, 0.6) is 11.5 Å². The molecule has 0 aromatic heterocycles. The second kappa shape index (κ2) is 8.86. The van der Waals surface area contributed by atoms with E-state index in [0.29, 0.717) is 11.4 Å². The normalized spacial score (nSPS) is 11.6. The maximum atomic E-state index is 12.8. The van der Waals surface area contributed by atoms with E-state index in [1.54, 1.807) is 25.1 Å². The monoisotopic (exact) mass is 462 g/mol. The van der Waals surface area contributed by atoms with Gasteiger partial charge in [-0.05, 0) is 55.0 Å². The van der Waals surface area contributed by atoms with Crippen molar-refractivity contribution in [2.45, 2.75) is 16.7 Å². The molecular formula is C21H22N2O6S2. The lowest BCUT2D eigenvalue weighted by molar-refractivity contribution is 0.386. The second-order valence-corrected chi connectivity index (χ2v) is 9.90. The van der Waals surface area contributed by atoms with Crippen molar-refractivity contribution in [2.24, 2.45) is 0 Å². The Balaban J connectivity index is 1.83. The molecule has 0 amide bonds. The molecule has 10 heteroatoms. The fourth-order valence-electron chi connectivity index (χ4n) is 2.80. The van der Waals surface area contributed by atoms with Crippen molar-refractivity contribution in [2.75, 3.05) is 23.7 Å². The number of ether oxygens (including phenoxy) is 2. The highest BCUT2D eigenvalue weighted by atomic mass is 32.2. The Bertz CT molecular complexity index is 1290. The van der Waals surface area contributed by atoms with Crippen molar-refractivity contribution in [1.29, 1.82) is 0 Å². The summed E-state index contributed by atoms with van der Waals surface area (Å²) in [6.45, 7) is 1.79. The van der Waals surface area contributed by atoms with Gasteiger partial charge in [0.2, 0.25) is 0 Å². The van der Waals surface area contributed by atoms with Crippen LogP contribution in [0.3, 0.4) is 0 Å². The predicted octanol–water partition coefficient (Wildman–Crippen LogP) is 3.61. The molecule has 0 saturated heterocycles. The average Bonchev–Trinajstić information content (AvgIpc) is 2.74. The zero-order chi connectivity index (χ0) is 22.6. The molecule has 0 unspecified atom stereocenters. The van der Waals surface area contributed by atoms with Gasteiger partial charge in [0.25, 0.3) is 20.0 Å². The molecule has 0 spiro atoms. The first kappa shape index (κ1) is 22.4. The first-order chi connectivity index (χ1) is 14.7. The van der Waals surface area contributed by atoms with E-state index in [1.165, 1.54) is 56.7 Å². The van der Waals surface area contributed by atoms with Crippen molar-refractivity contribution in [3.8, 4) is 11.5 Å². The number of rotatable bonds is 8. The Kier molecular flexibility index (Phi) is 6.42. The number of methoxy groups -OCH3 is 2. The number of nitrogens with one attached hydrogen (secondary N) is 2. The summed E-state index contributed by atoms with van der Waals surface area (Å²) >= 11 is 0. The van der Waals surface area contributed by atoms with Crippen LogP contribution >= 0.6 is 0 Å². The highest BCUT2D eigenvalue weighted by Crippen LogP contribution is 2.30. The lowest BCUT2D eigenvalue weighted by Gasteiger charge is -2.13. The van der Waals surface area contributed by atoms with E-state index >= 15 is 0 Å². The number of aryl methyl sites for hydroxylation is 1. The van der Waals surface area contributed by atoms with Gasteiger partial charge in [0.1, 0.15) is 16.4 Å². The molecule has 3 aromatic rings. The van der Waals surface area contributed by atoms with Crippen LogP contribution in [-0.4, -0.2) is 31.1 Å². The molecule has 164 valence electrons. The van der Waals surface area contributed by atoms with Gasteiger partial charge in [0.15, 0.2) is 0 Å². The van der Waals surface area contributed by atoms with Crippen LogP contribution in [-0.2, 0) is 20.0 Å². The first-order valence-electron chi connectivity index (χ1n) is 9.09. The fraction of sp³-hybridized carbons (Fsp3) is 0.143. The molecule has 0 heterocycles. The summed E-state index contributed by atoms with van der Waals surface area (Å²) in [5, 5.41) is 0. The van der Waals surface area contributed by atoms with Gasteiger partial charge in [-0.2, -0.15) is 0 Å². The van der Waals surface area contributed by atoms with Gasteiger partial charge in [0.05, 0.1) is 24.8 Å². The molecule has 0 atom stereocenters. The van der Waals surface area contributed by atoms with E-state index in [0.717, 1.165) is 5.56 Å².